The SMILES string of the molecule is C[C@@H](OC(=O)c1cc2c(cc1O)CCCC2)C(=O)N1CCc2sccc2C1. The lowest BCUT2D eigenvalue weighted by Gasteiger charge is -2.29. The lowest BCUT2D eigenvalue weighted by molar-refractivity contribution is -0.140. The summed E-state index contributed by atoms with van der Waals surface area (Å²) >= 11 is 1.72. The van der Waals surface area contributed by atoms with Gasteiger partial charge < -0.3 is 14.7 Å². The van der Waals surface area contributed by atoms with Crippen molar-refractivity contribution in [1.29, 1.82) is 0 Å². The molecule has 1 atom stereocenters. The molecule has 0 fully saturated rings. The molecule has 5 nitrogen and oxygen atoms in total. The fraction of sp³-hybridized carbons (Fsp3) is 0.429. The molecule has 0 radical (unpaired) electrons. The predicted molar refractivity (Wildman–Crippen MR) is 103 cm³/mol. The van der Waals surface area contributed by atoms with E-state index in [1.807, 2.05) is 11.4 Å². The average Bonchev–Trinajstić information content (AvgIpc) is 3.14. The molecule has 0 saturated heterocycles. The summed E-state index contributed by atoms with van der Waals surface area (Å²) in [7, 11) is 0. The van der Waals surface area contributed by atoms with Crippen LogP contribution in [0.4, 0.5) is 0 Å². The molecule has 0 unspecified atom stereocenters. The number of rotatable bonds is 3. The van der Waals surface area contributed by atoms with Crippen LogP contribution in [0, 0.1) is 0 Å². The van der Waals surface area contributed by atoms with Crippen LogP contribution in [0.3, 0.4) is 0 Å². The Balaban J connectivity index is 1.44. The third-order valence-corrected chi connectivity index (χ3v) is 6.45. The summed E-state index contributed by atoms with van der Waals surface area (Å²) in [5.74, 6) is -0.909. The molecule has 142 valence electrons. The quantitative estimate of drug-likeness (QED) is 0.822. The highest BCUT2D eigenvalue weighted by Gasteiger charge is 2.29. The Morgan fingerprint density at radius 1 is 1.15 bits per heavy atom. The number of benzene rings is 1. The largest absolute Gasteiger partial charge is 0.507 e. The zero-order valence-corrected chi connectivity index (χ0v) is 16.2. The van der Waals surface area contributed by atoms with Crippen LogP contribution in [0.15, 0.2) is 23.6 Å². The summed E-state index contributed by atoms with van der Waals surface area (Å²) in [6, 6.07) is 5.43. The highest BCUT2D eigenvalue weighted by molar-refractivity contribution is 7.10. The van der Waals surface area contributed by atoms with Crippen LogP contribution >= 0.6 is 11.3 Å². The van der Waals surface area contributed by atoms with E-state index in [4.69, 9.17) is 4.74 Å². The minimum Gasteiger partial charge on any atom is -0.507 e. The molecule has 1 aliphatic carbocycles. The Labute approximate surface area is 162 Å². The van der Waals surface area contributed by atoms with Gasteiger partial charge in [0.2, 0.25) is 0 Å². The number of carbonyl (C=O) groups is 2. The number of aromatic hydroxyl groups is 1. The molecule has 2 aromatic rings. The molecule has 0 bridgehead atoms. The Morgan fingerprint density at radius 2 is 1.89 bits per heavy atom. The Bertz CT molecular complexity index is 888. The summed E-state index contributed by atoms with van der Waals surface area (Å²) in [5.41, 5.74) is 3.50. The molecule has 1 N–H and O–H groups in total. The van der Waals surface area contributed by atoms with Crippen LogP contribution in [0.1, 0.15) is 51.7 Å². The van der Waals surface area contributed by atoms with E-state index in [-0.39, 0.29) is 17.2 Å². The van der Waals surface area contributed by atoms with Gasteiger partial charge in [-0.15, -0.1) is 11.3 Å². The van der Waals surface area contributed by atoms with Crippen molar-refractivity contribution in [2.45, 2.75) is 51.7 Å². The molecular formula is C21H23NO4S. The number of phenolic OH excluding ortho intramolecular Hbond substituents is 1. The zero-order valence-electron chi connectivity index (χ0n) is 15.4. The van der Waals surface area contributed by atoms with Gasteiger partial charge in [-0.2, -0.15) is 0 Å². The van der Waals surface area contributed by atoms with Crippen LogP contribution in [-0.2, 0) is 35.3 Å². The number of carbonyl (C=O) groups excluding carboxylic acids is 2. The Kier molecular flexibility index (Phi) is 4.91. The smallest absolute Gasteiger partial charge is 0.342 e. The van der Waals surface area contributed by atoms with Crippen molar-refractivity contribution in [3.05, 3.63) is 50.7 Å². The fourth-order valence-corrected chi connectivity index (χ4v) is 4.79. The zero-order chi connectivity index (χ0) is 19.0. The molecule has 2 aliphatic rings. The fourth-order valence-electron chi connectivity index (χ4n) is 3.90. The van der Waals surface area contributed by atoms with Gasteiger partial charge in [0.25, 0.3) is 5.91 Å². The van der Waals surface area contributed by atoms with E-state index in [0.717, 1.165) is 43.2 Å². The highest BCUT2D eigenvalue weighted by atomic mass is 32.1. The summed E-state index contributed by atoms with van der Waals surface area (Å²) < 4.78 is 5.41. The maximum atomic E-state index is 12.7. The molecule has 2 heterocycles. The van der Waals surface area contributed by atoms with Crippen molar-refractivity contribution in [3.8, 4) is 5.75 Å². The molecule has 0 spiro atoms. The van der Waals surface area contributed by atoms with E-state index in [2.05, 4.69) is 0 Å². The van der Waals surface area contributed by atoms with Crippen molar-refractivity contribution >= 4 is 23.2 Å². The number of thiophene rings is 1. The summed E-state index contributed by atoms with van der Waals surface area (Å²) in [4.78, 5) is 28.3. The van der Waals surface area contributed by atoms with E-state index >= 15 is 0 Å². The molecule has 1 aromatic heterocycles. The number of hydrogen-bond donors (Lipinski definition) is 1. The second kappa shape index (κ2) is 7.35. The Hall–Kier alpha value is -2.34. The summed E-state index contributed by atoms with van der Waals surface area (Å²) in [6.45, 7) is 2.79. The van der Waals surface area contributed by atoms with Crippen LogP contribution in [0.25, 0.3) is 0 Å². The molecule has 1 aromatic carbocycles. The monoisotopic (exact) mass is 385 g/mol. The van der Waals surface area contributed by atoms with Gasteiger partial charge in [0.1, 0.15) is 11.3 Å². The van der Waals surface area contributed by atoms with E-state index in [1.165, 1.54) is 10.4 Å². The molecule has 1 amide bonds. The standard InChI is InChI=1S/C21H23NO4S/c1-13(20(24)22-8-6-19-16(12-22)7-9-27-19)26-21(25)17-10-14-4-2-3-5-15(14)11-18(17)23/h7,9-11,13,23H,2-6,8,12H2,1H3/t13-/m1/s1. The van der Waals surface area contributed by atoms with Gasteiger partial charge in [-0.05, 0) is 79.3 Å². The maximum absolute atomic E-state index is 12.7. The van der Waals surface area contributed by atoms with Gasteiger partial charge >= 0.3 is 5.97 Å². The van der Waals surface area contributed by atoms with Crippen molar-refractivity contribution in [1.82, 2.24) is 4.90 Å². The van der Waals surface area contributed by atoms with Crippen molar-refractivity contribution < 1.29 is 19.4 Å². The minimum absolute atomic E-state index is 0.0683. The van der Waals surface area contributed by atoms with Gasteiger partial charge in [0.05, 0.1) is 0 Å². The number of fused-ring (bicyclic) bond motifs is 2. The number of ether oxygens (including phenoxy) is 1. The van der Waals surface area contributed by atoms with Crippen LogP contribution in [-0.4, -0.2) is 34.5 Å². The number of aryl methyl sites for hydroxylation is 2. The predicted octanol–water partition coefficient (Wildman–Crippen LogP) is 3.46. The number of amides is 1. The third kappa shape index (κ3) is 3.58. The second-order valence-corrected chi connectivity index (χ2v) is 8.27. The van der Waals surface area contributed by atoms with Crippen LogP contribution in [0.5, 0.6) is 5.75 Å². The first kappa shape index (κ1) is 18.0. The van der Waals surface area contributed by atoms with Crippen molar-refractivity contribution in [3.63, 3.8) is 0 Å². The molecule has 0 saturated carbocycles. The highest BCUT2D eigenvalue weighted by Crippen LogP contribution is 2.29. The van der Waals surface area contributed by atoms with Crippen LogP contribution in [0.2, 0.25) is 0 Å². The number of nitrogens with zero attached hydrogens (tertiary/aromatic N) is 1. The van der Waals surface area contributed by atoms with Gasteiger partial charge in [-0.25, -0.2) is 4.79 Å². The number of hydrogen-bond acceptors (Lipinski definition) is 5. The van der Waals surface area contributed by atoms with Crippen molar-refractivity contribution in [2.75, 3.05) is 6.54 Å². The van der Waals surface area contributed by atoms with Gasteiger partial charge in [0.15, 0.2) is 6.10 Å². The third-order valence-electron chi connectivity index (χ3n) is 5.43. The molecule has 27 heavy (non-hydrogen) atoms. The normalized spacial score (nSPS) is 17.0. The molecule has 4 rings (SSSR count). The van der Waals surface area contributed by atoms with Gasteiger partial charge in [-0.1, -0.05) is 0 Å². The van der Waals surface area contributed by atoms with Gasteiger partial charge in [-0.3, -0.25) is 4.79 Å². The molecule has 6 heteroatoms. The first-order valence-electron chi connectivity index (χ1n) is 9.42. The molecular weight excluding hydrogens is 362 g/mol. The van der Waals surface area contributed by atoms with E-state index in [9.17, 15) is 14.7 Å². The van der Waals surface area contributed by atoms with E-state index < -0.39 is 12.1 Å². The number of esters is 1. The van der Waals surface area contributed by atoms with Gasteiger partial charge in [0, 0.05) is 18.0 Å². The first-order valence-corrected chi connectivity index (χ1v) is 10.3. The second-order valence-electron chi connectivity index (χ2n) is 7.27. The first-order chi connectivity index (χ1) is 13.0. The molecule has 1 aliphatic heterocycles. The van der Waals surface area contributed by atoms with E-state index in [1.54, 1.807) is 35.3 Å². The summed E-state index contributed by atoms with van der Waals surface area (Å²) in [6.07, 6.45) is 3.97. The summed E-state index contributed by atoms with van der Waals surface area (Å²) in [5, 5.41) is 12.3. The lowest BCUT2D eigenvalue weighted by atomic mass is 9.90. The van der Waals surface area contributed by atoms with E-state index in [0.29, 0.717) is 13.1 Å². The minimum atomic E-state index is -0.881. The average molecular weight is 385 g/mol. The van der Waals surface area contributed by atoms with Crippen molar-refractivity contribution in [2.24, 2.45) is 0 Å². The lowest BCUT2D eigenvalue weighted by Crippen LogP contribution is -2.42. The number of phenols is 1. The van der Waals surface area contributed by atoms with Crippen LogP contribution < -0.4 is 0 Å². The Morgan fingerprint density at radius 3 is 2.67 bits per heavy atom. The topological polar surface area (TPSA) is 66.8 Å². The maximum Gasteiger partial charge on any atom is 0.342 e.